The average Bonchev–Trinajstić information content (AvgIpc) is 3.41. The second-order valence-electron chi connectivity index (χ2n) is 6.31. The third-order valence-electron chi connectivity index (χ3n) is 4.75. The molecule has 0 amide bonds. The van der Waals surface area contributed by atoms with Crippen LogP contribution in [0.5, 0.6) is 0 Å². The second-order valence-corrected chi connectivity index (χ2v) is 7.51. The number of nitrogens with zero attached hydrogens (tertiary/aromatic N) is 2. The molecule has 0 spiro atoms. The number of rotatable bonds is 7. The number of aromatic nitrogens is 1. The van der Waals surface area contributed by atoms with Gasteiger partial charge in [0.15, 0.2) is 5.96 Å². The number of hydrogen-bond acceptors (Lipinski definition) is 3. The number of aryl methyl sites for hydroxylation is 1. The molecule has 0 atom stereocenters. The molecule has 2 aliphatic rings. The van der Waals surface area contributed by atoms with Gasteiger partial charge in [-0.2, -0.15) is 0 Å². The van der Waals surface area contributed by atoms with E-state index in [0.717, 1.165) is 37.8 Å². The molecule has 124 valence electrons. The van der Waals surface area contributed by atoms with Crippen molar-refractivity contribution in [1.29, 1.82) is 0 Å². The average molecular weight is 434 g/mol. The van der Waals surface area contributed by atoms with Crippen molar-refractivity contribution in [2.75, 3.05) is 20.1 Å². The Hall–Kier alpha value is -0.370. The maximum absolute atomic E-state index is 4.45. The van der Waals surface area contributed by atoms with Gasteiger partial charge in [0.2, 0.25) is 0 Å². The van der Waals surface area contributed by atoms with Gasteiger partial charge in [0, 0.05) is 37.6 Å². The van der Waals surface area contributed by atoms with Crippen LogP contribution in [0.3, 0.4) is 0 Å². The summed E-state index contributed by atoms with van der Waals surface area (Å²) in [5, 5.41) is 8.14. The van der Waals surface area contributed by atoms with Gasteiger partial charge in [0.05, 0.1) is 5.01 Å². The lowest BCUT2D eigenvalue weighted by Gasteiger charge is -2.17. The molecule has 22 heavy (non-hydrogen) atoms. The van der Waals surface area contributed by atoms with Gasteiger partial charge in [0.1, 0.15) is 0 Å². The summed E-state index contributed by atoms with van der Waals surface area (Å²) in [5.41, 5.74) is 0.614. The first-order chi connectivity index (χ1) is 10.3. The fourth-order valence-corrected chi connectivity index (χ4v) is 3.84. The molecule has 2 N–H and O–H groups in total. The van der Waals surface area contributed by atoms with Gasteiger partial charge >= 0.3 is 0 Å². The Morgan fingerprint density at radius 1 is 1.41 bits per heavy atom. The van der Waals surface area contributed by atoms with E-state index >= 15 is 0 Å². The van der Waals surface area contributed by atoms with Crippen molar-refractivity contribution in [1.82, 2.24) is 15.6 Å². The van der Waals surface area contributed by atoms with Gasteiger partial charge in [-0.25, -0.2) is 4.98 Å². The first-order valence-electron chi connectivity index (χ1n) is 8.14. The highest BCUT2D eigenvalue weighted by molar-refractivity contribution is 14.0. The molecule has 2 fully saturated rings. The van der Waals surface area contributed by atoms with E-state index in [1.807, 2.05) is 24.6 Å². The number of thiazole rings is 1. The summed E-state index contributed by atoms with van der Waals surface area (Å²) in [7, 11) is 1.85. The topological polar surface area (TPSA) is 49.3 Å². The Balaban J connectivity index is 0.00000176. The van der Waals surface area contributed by atoms with Crippen molar-refractivity contribution >= 4 is 41.3 Å². The molecule has 1 heterocycles. The van der Waals surface area contributed by atoms with Gasteiger partial charge in [-0.1, -0.05) is 6.92 Å². The van der Waals surface area contributed by atoms with Gasteiger partial charge in [-0.15, -0.1) is 35.3 Å². The smallest absolute Gasteiger partial charge is 0.191 e. The molecule has 0 radical (unpaired) electrons. The number of nitrogens with one attached hydrogen (secondary N) is 2. The molecule has 6 heteroatoms. The standard InChI is InChI=1S/C16H26N4S.HI/c1-3-13-10-19-14(21-13)6-9-18-15(17-2)20-11-16(7-8-16)12-4-5-12;/h10,12H,3-9,11H2,1-2H3,(H2,17,18,20);1H. The Morgan fingerprint density at radius 3 is 2.73 bits per heavy atom. The van der Waals surface area contributed by atoms with E-state index in [1.165, 1.54) is 35.6 Å². The first-order valence-corrected chi connectivity index (χ1v) is 8.95. The Morgan fingerprint density at radius 2 is 2.18 bits per heavy atom. The summed E-state index contributed by atoms with van der Waals surface area (Å²) in [4.78, 5) is 10.2. The molecule has 3 rings (SSSR count). The largest absolute Gasteiger partial charge is 0.356 e. The molecule has 0 saturated heterocycles. The van der Waals surface area contributed by atoms with Crippen molar-refractivity contribution in [2.24, 2.45) is 16.3 Å². The summed E-state index contributed by atoms with van der Waals surface area (Å²) in [6, 6.07) is 0. The van der Waals surface area contributed by atoms with E-state index in [1.54, 1.807) is 0 Å². The van der Waals surface area contributed by atoms with Gasteiger partial charge in [-0.05, 0) is 43.4 Å². The van der Waals surface area contributed by atoms with Gasteiger partial charge < -0.3 is 10.6 Å². The minimum atomic E-state index is 0. The minimum Gasteiger partial charge on any atom is -0.356 e. The molecular formula is C16H27IN4S. The zero-order valence-electron chi connectivity index (χ0n) is 13.5. The van der Waals surface area contributed by atoms with E-state index in [0.29, 0.717) is 5.41 Å². The van der Waals surface area contributed by atoms with Crippen LogP contribution in [-0.4, -0.2) is 31.1 Å². The zero-order valence-corrected chi connectivity index (χ0v) is 16.7. The summed E-state index contributed by atoms with van der Waals surface area (Å²) in [6.07, 6.45) is 9.74. The molecule has 4 nitrogen and oxygen atoms in total. The van der Waals surface area contributed by atoms with E-state index in [4.69, 9.17) is 0 Å². The molecule has 1 aromatic heterocycles. The molecule has 2 aliphatic carbocycles. The Labute approximate surface area is 154 Å². The molecule has 2 saturated carbocycles. The van der Waals surface area contributed by atoms with Crippen molar-refractivity contribution in [3.8, 4) is 0 Å². The van der Waals surface area contributed by atoms with E-state index in [2.05, 4.69) is 27.5 Å². The lowest BCUT2D eigenvalue weighted by Crippen LogP contribution is -2.41. The lowest BCUT2D eigenvalue weighted by atomic mass is 10.0. The Bertz CT molecular complexity index is 506. The number of aliphatic imine (C=N–C) groups is 1. The highest BCUT2D eigenvalue weighted by atomic mass is 127. The molecule has 1 aromatic rings. The number of guanidine groups is 1. The summed E-state index contributed by atoms with van der Waals surface area (Å²) >= 11 is 1.82. The van der Waals surface area contributed by atoms with Crippen molar-refractivity contribution in [3.63, 3.8) is 0 Å². The van der Waals surface area contributed by atoms with Crippen LogP contribution in [0.15, 0.2) is 11.2 Å². The van der Waals surface area contributed by atoms with Crippen molar-refractivity contribution < 1.29 is 0 Å². The van der Waals surface area contributed by atoms with Crippen LogP contribution < -0.4 is 10.6 Å². The predicted octanol–water partition coefficient (Wildman–Crippen LogP) is 3.22. The lowest BCUT2D eigenvalue weighted by molar-refractivity contribution is 0.431. The highest BCUT2D eigenvalue weighted by Crippen LogP contribution is 2.60. The highest BCUT2D eigenvalue weighted by Gasteiger charge is 2.53. The fourth-order valence-electron chi connectivity index (χ4n) is 2.98. The third kappa shape index (κ3) is 4.57. The molecule has 0 aliphatic heterocycles. The van der Waals surface area contributed by atoms with E-state index in [-0.39, 0.29) is 24.0 Å². The van der Waals surface area contributed by atoms with Gasteiger partial charge in [0.25, 0.3) is 0 Å². The number of hydrogen-bond donors (Lipinski definition) is 2. The third-order valence-corrected chi connectivity index (χ3v) is 5.95. The van der Waals surface area contributed by atoms with Crippen LogP contribution in [0.2, 0.25) is 0 Å². The summed E-state index contributed by atoms with van der Waals surface area (Å²) < 4.78 is 0. The van der Waals surface area contributed by atoms with Gasteiger partial charge in [-0.3, -0.25) is 4.99 Å². The van der Waals surface area contributed by atoms with Crippen LogP contribution in [0.1, 0.15) is 42.5 Å². The number of halogens is 1. The summed E-state index contributed by atoms with van der Waals surface area (Å²) in [6.45, 7) is 4.16. The quantitative estimate of drug-likeness (QED) is 0.394. The second kappa shape index (κ2) is 7.95. The maximum Gasteiger partial charge on any atom is 0.191 e. The molecule has 0 unspecified atom stereocenters. The van der Waals surface area contributed by atoms with Crippen molar-refractivity contribution in [3.05, 3.63) is 16.1 Å². The normalized spacial score (nSPS) is 19.5. The SMILES string of the molecule is CCc1cnc(CCNC(=NC)NCC2(C3CC3)CC2)s1.I. The van der Waals surface area contributed by atoms with Crippen LogP contribution in [0.25, 0.3) is 0 Å². The van der Waals surface area contributed by atoms with Crippen LogP contribution in [0, 0.1) is 11.3 Å². The van der Waals surface area contributed by atoms with E-state index < -0.39 is 0 Å². The molecular weight excluding hydrogens is 407 g/mol. The fraction of sp³-hybridized carbons (Fsp3) is 0.750. The van der Waals surface area contributed by atoms with Crippen LogP contribution in [0.4, 0.5) is 0 Å². The maximum atomic E-state index is 4.45. The molecule has 0 bridgehead atoms. The zero-order chi connectivity index (χ0) is 14.7. The first kappa shape index (κ1) is 18.0. The minimum absolute atomic E-state index is 0. The Kier molecular flexibility index (Phi) is 6.49. The monoisotopic (exact) mass is 434 g/mol. The molecule has 0 aromatic carbocycles. The predicted molar refractivity (Wildman–Crippen MR) is 104 cm³/mol. The van der Waals surface area contributed by atoms with Crippen LogP contribution in [-0.2, 0) is 12.8 Å². The summed E-state index contributed by atoms with van der Waals surface area (Å²) in [5.74, 6) is 1.93. The van der Waals surface area contributed by atoms with E-state index in [9.17, 15) is 0 Å². The van der Waals surface area contributed by atoms with Crippen molar-refractivity contribution in [2.45, 2.75) is 45.4 Å². The van der Waals surface area contributed by atoms with Crippen LogP contribution >= 0.6 is 35.3 Å².